The summed E-state index contributed by atoms with van der Waals surface area (Å²) in [7, 11) is 0. The van der Waals surface area contributed by atoms with E-state index in [1.54, 1.807) is 0 Å². The molecule has 0 aromatic rings. The van der Waals surface area contributed by atoms with E-state index in [0.717, 1.165) is 0 Å². The highest BCUT2D eigenvalue weighted by atomic mass is 35.9. The van der Waals surface area contributed by atoms with Crippen LogP contribution in [0.5, 0.6) is 0 Å². The second kappa shape index (κ2) is 4.36. The molecule has 0 saturated heterocycles. The zero-order chi connectivity index (χ0) is 12.1. The molecule has 3 nitrogen and oxygen atoms in total. The second-order valence-corrected chi connectivity index (χ2v) is 18.3. The Hall–Kier alpha value is 2.14. The molecule has 1 rings (SSSR count). The van der Waals surface area contributed by atoms with E-state index in [4.69, 9.17) is 56.2 Å². The van der Waals surface area contributed by atoms with Crippen LogP contribution in [0.3, 0.4) is 0 Å². The standard InChI is InChI=1S/C4H9Cl5N3P3/c1-4(2,3)13(5)10-14(6,7)12-15(8,9)11-13/h1-3H3. The summed E-state index contributed by atoms with van der Waals surface area (Å²) in [6.07, 6.45) is 0. The Balaban J connectivity index is 3.58. The predicted octanol–water partition coefficient (Wildman–Crippen LogP) is 7.92. The Morgan fingerprint density at radius 1 is 0.733 bits per heavy atom. The molecule has 0 bridgehead atoms. The molecule has 0 amide bonds. The number of halogens is 5. The van der Waals surface area contributed by atoms with Gasteiger partial charge in [0, 0.05) is 5.16 Å². The highest BCUT2D eigenvalue weighted by Crippen LogP contribution is 2.88. The minimum Gasteiger partial charge on any atom is -0.198 e. The first-order valence-electron chi connectivity index (χ1n) is 3.77. The van der Waals surface area contributed by atoms with Crippen LogP contribution < -0.4 is 0 Å². The van der Waals surface area contributed by atoms with Crippen LogP contribution in [0, 0.1) is 0 Å². The molecule has 1 heterocycles. The summed E-state index contributed by atoms with van der Waals surface area (Å²) in [6, 6.07) is 0. The number of hydrogen-bond acceptors (Lipinski definition) is 3. The van der Waals surface area contributed by atoms with E-state index in [-0.39, 0.29) is 5.16 Å². The van der Waals surface area contributed by atoms with Crippen LogP contribution in [0.25, 0.3) is 0 Å². The molecule has 0 N–H and O–H groups in total. The third kappa shape index (κ3) is 3.80. The fourth-order valence-corrected chi connectivity index (χ4v) is 18.9. The highest BCUT2D eigenvalue weighted by Gasteiger charge is 2.40. The van der Waals surface area contributed by atoms with Gasteiger partial charge in [0.15, 0.2) is 6.56 Å². The summed E-state index contributed by atoms with van der Waals surface area (Å²) < 4.78 is 12.2. The summed E-state index contributed by atoms with van der Waals surface area (Å²) in [5, 5.41) is -0.380. The molecule has 0 aliphatic carbocycles. The van der Waals surface area contributed by atoms with Crippen LogP contribution in [0.2, 0.25) is 0 Å². The molecule has 1 unspecified atom stereocenters. The molecule has 0 fully saturated rings. The van der Waals surface area contributed by atoms with Gasteiger partial charge in [0.05, 0.1) is 0 Å². The summed E-state index contributed by atoms with van der Waals surface area (Å²) in [6.45, 7) is 3.10. The molecular formula is C4H9Cl5N3P3. The molecule has 0 aromatic heterocycles. The highest BCUT2D eigenvalue weighted by molar-refractivity contribution is 8.22. The van der Waals surface area contributed by atoms with Crippen molar-refractivity contribution in [1.29, 1.82) is 0 Å². The Morgan fingerprint density at radius 2 is 1.13 bits per heavy atom. The lowest BCUT2D eigenvalue weighted by atomic mass is 10.3. The van der Waals surface area contributed by atoms with Crippen LogP contribution in [0.1, 0.15) is 20.8 Å². The molecule has 1 aliphatic rings. The summed E-state index contributed by atoms with van der Waals surface area (Å²) in [5.41, 5.74) is 0. The van der Waals surface area contributed by atoms with Gasteiger partial charge >= 0.3 is 0 Å². The topological polar surface area (TPSA) is 37.1 Å². The van der Waals surface area contributed by atoms with Crippen LogP contribution in [-0.2, 0) is 0 Å². The average molecular weight is 369 g/mol. The molecule has 11 heteroatoms. The normalized spacial score (nSPS) is 33.6. The summed E-state index contributed by atoms with van der Waals surface area (Å²) >= 11 is 30.1. The van der Waals surface area contributed by atoms with Gasteiger partial charge in [-0.15, -0.1) is 0 Å². The van der Waals surface area contributed by atoms with Crippen molar-refractivity contribution >= 4 is 74.6 Å². The Labute approximate surface area is 113 Å². The minimum atomic E-state index is -2.87. The predicted molar refractivity (Wildman–Crippen MR) is 77.1 cm³/mol. The molecule has 0 radical (unpaired) electrons. The third-order valence-electron chi connectivity index (χ3n) is 1.52. The van der Waals surface area contributed by atoms with Crippen molar-refractivity contribution in [2.24, 2.45) is 13.5 Å². The van der Waals surface area contributed by atoms with E-state index < -0.39 is 18.4 Å². The first kappa shape index (κ1) is 15.2. The zero-order valence-corrected chi connectivity index (χ0v) is 14.5. The van der Waals surface area contributed by atoms with E-state index in [1.807, 2.05) is 20.8 Å². The second-order valence-electron chi connectivity index (χ2n) is 3.88. The van der Waals surface area contributed by atoms with Gasteiger partial charge in [-0.05, 0) is 45.0 Å². The maximum Gasteiger partial charge on any atom is 0.256 e. The fourth-order valence-electron chi connectivity index (χ4n) is 0.737. The van der Waals surface area contributed by atoms with Crippen LogP contribution in [-0.4, -0.2) is 5.16 Å². The van der Waals surface area contributed by atoms with E-state index in [1.165, 1.54) is 0 Å². The Bertz CT molecular complexity index is 429. The van der Waals surface area contributed by atoms with E-state index in [0.29, 0.717) is 0 Å². The lowest BCUT2D eigenvalue weighted by molar-refractivity contribution is 0.785. The molecule has 15 heavy (non-hydrogen) atoms. The summed E-state index contributed by atoms with van der Waals surface area (Å²) in [5.74, 6) is -5.74. The van der Waals surface area contributed by atoms with Crippen molar-refractivity contribution in [2.45, 2.75) is 25.9 Å². The minimum absolute atomic E-state index is 0.380. The Morgan fingerprint density at radius 3 is 1.47 bits per heavy atom. The van der Waals surface area contributed by atoms with Crippen molar-refractivity contribution in [3.8, 4) is 0 Å². The van der Waals surface area contributed by atoms with Crippen LogP contribution >= 0.6 is 74.6 Å². The lowest BCUT2D eigenvalue weighted by Gasteiger charge is -2.31. The SMILES string of the molecule is CC(C)(C)P1(Cl)=NP(Cl)(Cl)=NP(Cl)(Cl)=N1. The smallest absolute Gasteiger partial charge is 0.198 e. The van der Waals surface area contributed by atoms with Crippen molar-refractivity contribution < 1.29 is 0 Å². The zero-order valence-electron chi connectivity index (χ0n) is 8.07. The molecule has 90 valence electrons. The Kier molecular flexibility index (Phi) is 4.41. The van der Waals surface area contributed by atoms with Gasteiger partial charge in [0.2, 0.25) is 0 Å². The van der Waals surface area contributed by atoms with E-state index >= 15 is 0 Å². The monoisotopic (exact) mass is 367 g/mol. The molecule has 0 saturated carbocycles. The number of nitrogens with zero attached hydrogens (tertiary/aromatic N) is 3. The van der Waals surface area contributed by atoms with Crippen LogP contribution in [0.4, 0.5) is 0 Å². The quantitative estimate of drug-likeness (QED) is 0.389. The molecule has 1 aliphatic heterocycles. The van der Waals surface area contributed by atoms with Gasteiger partial charge in [-0.25, -0.2) is 0 Å². The molecule has 1 atom stereocenters. The molecule has 0 aromatic carbocycles. The number of rotatable bonds is 0. The fraction of sp³-hybridized carbons (Fsp3) is 1.00. The van der Waals surface area contributed by atoms with Crippen molar-refractivity contribution in [3.63, 3.8) is 0 Å². The van der Waals surface area contributed by atoms with Gasteiger partial charge in [-0.3, -0.25) is 0 Å². The van der Waals surface area contributed by atoms with E-state index in [2.05, 4.69) is 13.5 Å². The molecule has 0 spiro atoms. The maximum atomic E-state index is 6.36. The summed E-state index contributed by atoms with van der Waals surface area (Å²) in [4.78, 5) is 0. The van der Waals surface area contributed by atoms with E-state index in [9.17, 15) is 0 Å². The van der Waals surface area contributed by atoms with Crippen molar-refractivity contribution in [1.82, 2.24) is 0 Å². The van der Waals surface area contributed by atoms with Gasteiger partial charge in [-0.1, -0.05) is 32.0 Å². The third-order valence-corrected chi connectivity index (χ3v) is 16.2. The maximum absolute atomic E-state index is 6.36. The first-order valence-corrected chi connectivity index (χ1v) is 13.4. The van der Waals surface area contributed by atoms with Crippen molar-refractivity contribution in [2.75, 3.05) is 0 Å². The van der Waals surface area contributed by atoms with Gasteiger partial charge in [0.25, 0.3) is 11.8 Å². The largest absolute Gasteiger partial charge is 0.256 e. The molecular weight excluding hydrogens is 360 g/mol. The number of hydrogen-bond donors (Lipinski definition) is 0. The average Bonchev–Trinajstić information content (AvgIpc) is 1.72. The first-order chi connectivity index (χ1) is 6.37. The van der Waals surface area contributed by atoms with Crippen LogP contribution in [0.15, 0.2) is 13.5 Å². The van der Waals surface area contributed by atoms with Gasteiger partial charge in [0.1, 0.15) is 0 Å². The van der Waals surface area contributed by atoms with Gasteiger partial charge < -0.3 is 0 Å². The van der Waals surface area contributed by atoms with Crippen molar-refractivity contribution in [3.05, 3.63) is 0 Å². The van der Waals surface area contributed by atoms with Gasteiger partial charge in [-0.2, -0.15) is 13.5 Å². The lowest BCUT2D eigenvalue weighted by Crippen LogP contribution is -2.10.